The molecule has 2 nitrogen and oxygen atoms in total. The van der Waals surface area contributed by atoms with Gasteiger partial charge in [0.25, 0.3) is 0 Å². The summed E-state index contributed by atoms with van der Waals surface area (Å²) in [5, 5.41) is 1.32. The molecular formula is C13H16Br2O2. The Bertz CT molecular complexity index is 355. The fourth-order valence-corrected chi connectivity index (χ4v) is 2.45. The molecule has 17 heavy (non-hydrogen) atoms. The third kappa shape index (κ3) is 4.11. The Labute approximate surface area is 119 Å². The van der Waals surface area contributed by atoms with Gasteiger partial charge in [0.2, 0.25) is 0 Å². The summed E-state index contributed by atoms with van der Waals surface area (Å²) in [6.45, 7) is 2.57. The van der Waals surface area contributed by atoms with Crippen LogP contribution in [0, 0.1) is 0 Å². The van der Waals surface area contributed by atoms with Gasteiger partial charge in [-0.2, -0.15) is 0 Å². The van der Waals surface area contributed by atoms with Crippen LogP contribution in [0.25, 0.3) is 0 Å². The minimum Gasteiger partial charge on any atom is -0.462 e. The molecule has 0 saturated carbocycles. The van der Waals surface area contributed by atoms with E-state index in [4.69, 9.17) is 4.74 Å². The molecule has 0 N–H and O–H groups in total. The largest absolute Gasteiger partial charge is 0.462 e. The van der Waals surface area contributed by atoms with E-state index in [0.29, 0.717) is 22.8 Å². The van der Waals surface area contributed by atoms with E-state index < -0.39 is 0 Å². The molecule has 0 amide bonds. The minimum absolute atomic E-state index is 0.219. The third-order valence-electron chi connectivity index (χ3n) is 2.46. The van der Waals surface area contributed by atoms with Gasteiger partial charge in [-0.25, -0.2) is 4.79 Å². The summed E-state index contributed by atoms with van der Waals surface area (Å²) in [6, 6.07) is 5.84. The molecule has 0 aliphatic heterocycles. The number of esters is 1. The summed E-state index contributed by atoms with van der Waals surface area (Å²) >= 11 is 6.80. The number of benzene rings is 1. The van der Waals surface area contributed by atoms with Crippen molar-refractivity contribution >= 4 is 37.8 Å². The van der Waals surface area contributed by atoms with E-state index in [-0.39, 0.29) is 5.97 Å². The summed E-state index contributed by atoms with van der Waals surface area (Å²) in [5.74, 6) is -0.219. The predicted molar refractivity (Wildman–Crippen MR) is 76.9 cm³/mol. The molecule has 0 atom stereocenters. The van der Waals surface area contributed by atoms with Crippen molar-refractivity contribution in [2.45, 2.75) is 30.4 Å². The fraction of sp³-hybridized carbons (Fsp3) is 0.462. The highest BCUT2D eigenvalue weighted by molar-refractivity contribution is 9.08. The molecule has 0 spiro atoms. The summed E-state index contributed by atoms with van der Waals surface area (Å²) in [6.07, 6.45) is 1.94. The zero-order valence-corrected chi connectivity index (χ0v) is 13.0. The zero-order valence-electron chi connectivity index (χ0n) is 9.84. The molecule has 0 aromatic heterocycles. The molecule has 1 rings (SSSR count). The van der Waals surface area contributed by atoms with Gasteiger partial charge < -0.3 is 4.74 Å². The van der Waals surface area contributed by atoms with Crippen molar-refractivity contribution in [1.82, 2.24) is 0 Å². The van der Waals surface area contributed by atoms with Gasteiger partial charge in [0.05, 0.1) is 12.2 Å². The summed E-state index contributed by atoms with van der Waals surface area (Å²) in [4.78, 5) is 12.0. The molecule has 1 aromatic carbocycles. The molecule has 1 aromatic rings. The summed E-state index contributed by atoms with van der Waals surface area (Å²) in [7, 11) is 0. The van der Waals surface area contributed by atoms with E-state index in [1.165, 1.54) is 0 Å². The van der Waals surface area contributed by atoms with Crippen LogP contribution in [0.3, 0.4) is 0 Å². The Morgan fingerprint density at radius 3 is 2.29 bits per heavy atom. The standard InChI is InChI=1S/C13H16Br2O2/c1-2-3-7-17-13(16)12-10(8-14)5-4-6-11(12)9-15/h4-6H,2-3,7-9H2,1H3. The molecule has 0 aliphatic carbocycles. The van der Waals surface area contributed by atoms with Gasteiger partial charge in [0.1, 0.15) is 0 Å². The topological polar surface area (TPSA) is 26.3 Å². The lowest BCUT2D eigenvalue weighted by molar-refractivity contribution is 0.0498. The van der Waals surface area contributed by atoms with Crippen LogP contribution in [0.2, 0.25) is 0 Å². The van der Waals surface area contributed by atoms with E-state index in [1.807, 2.05) is 18.2 Å². The van der Waals surface area contributed by atoms with Gasteiger partial charge in [-0.15, -0.1) is 0 Å². The lowest BCUT2D eigenvalue weighted by atomic mass is 10.0. The van der Waals surface area contributed by atoms with Gasteiger partial charge in [-0.3, -0.25) is 0 Å². The average molecular weight is 364 g/mol. The lowest BCUT2D eigenvalue weighted by Crippen LogP contribution is -2.11. The van der Waals surface area contributed by atoms with Gasteiger partial charge in [0.15, 0.2) is 0 Å². The molecule has 0 aliphatic rings. The van der Waals surface area contributed by atoms with Gasteiger partial charge in [0, 0.05) is 10.7 Å². The van der Waals surface area contributed by atoms with Crippen molar-refractivity contribution in [3.63, 3.8) is 0 Å². The number of hydrogen-bond acceptors (Lipinski definition) is 2. The quantitative estimate of drug-likeness (QED) is 0.424. The number of rotatable bonds is 6. The van der Waals surface area contributed by atoms with Gasteiger partial charge >= 0.3 is 5.97 Å². The van der Waals surface area contributed by atoms with Crippen LogP contribution in [0.4, 0.5) is 0 Å². The lowest BCUT2D eigenvalue weighted by Gasteiger charge is -2.11. The van der Waals surface area contributed by atoms with Crippen molar-refractivity contribution < 1.29 is 9.53 Å². The highest BCUT2D eigenvalue weighted by Crippen LogP contribution is 2.21. The first kappa shape index (κ1) is 14.7. The highest BCUT2D eigenvalue weighted by Gasteiger charge is 2.16. The van der Waals surface area contributed by atoms with Crippen molar-refractivity contribution in [2.75, 3.05) is 6.61 Å². The average Bonchev–Trinajstić information content (AvgIpc) is 2.37. The molecule has 0 saturated heterocycles. The van der Waals surface area contributed by atoms with Crippen LogP contribution >= 0.6 is 31.9 Å². The Morgan fingerprint density at radius 2 is 1.82 bits per heavy atom. The first-order chi connectivity index (χ1) is 8.24. The maximum Gasteiger partial charge on any atom is 0.338 e. The van der Waals surface area contributed by atoms with Crippen molar-refractivity contribution in [2.24, 2.45) is 0 Å². The number of unbranched alkanes of at least 4 members (excludes halogenated alkanes) is 1. The van der Waals surface area contributed by atoms with Gasteiger partial charge in [-0.05, 0) is 17.5 Å². The van der Waals surface area contributed by atoms with Crippen molar-refractivity contribution in [3.05, 3.63) is 34.9 Å². The Kier molecular flexibility index (Phi) is 6.82. The second-order valence-corrected chi connectivity index (χ2v) is 4.83. The third-order valence-corrected chi connectivity index (χ3v) is 3.67. The van der Waals surface area contributed by atoms with Crippen LogP contribution in [0.15, 0.2) is 18.2 Å². The molecule has 0 unspecified atom stereocenters. The maximum absolute atomic E-state index is 12.0. The van der Waals surface area contributed by atoms with Crippen LogP contribution in [-0.4, -0.2) is 12.6 Å². The van der Waals surface area contributed by atoms with Crippen molar-refractivity contribution in [1.29, 1.82) is 0 Å². The summed E-state index contributed by atoms with van der Waals surface area (Å²) < 4.78 is 5.27. The predicted octanol–water partition coefficient (Wildman–Crippen LogP) is 4.43. The molecule has 4 heteroatoms. The number of alkyl halides is 2. The Morgan fingerprint density at radius 1 is 1.24 bits per heavy atom. The smallest absolute Gasteiger partial charge is 0.338 e. The normalized spacial score (nSPS) is 10.3. The molecule has 94 valence electrons. The SMILES string of the molecule is CCCCOC(=O)c1c(CBr)cccc1CBr. The molecule has 0 heterocycles. The Hall–Kier alpha value is -0.350. The first-order valence-corrected chi connectivity index (χ1v) is 7.88. The summed E-state index contributed by atoms with van der Waals surface area (Å²) in [5.41, 5.74) is 2.64. The fourth-order valence-electron chi connectivity index (χ4n) is 1.52. The number of halogens is 2. The number of carbonyl (C=O) groups is 1. The second-order valence-electron chi connectivity index (χ2n) is 3.71. The highest BCUT2D eigenvalue weighted by atomic mass is 79.9. The zero-order chi connectivity index (χ0) is 12.7. The van der Waals surface area contributed by atoms with Crippen LogP contribution < -0.4 is 0 Å². The van der Waals surface area contributed by atoms with Crippen molar-refractivity contribution in [3.8, 4) is 0 Å². The maximum atomic E-state index is 12.0. The first-order valence-electron chi connectivity index (χ1n) is 5.64. The van der Waals surface area contributed by atoms with E-state index in [0.717, 1.165) is 24.0 Å². The van der Waals surface area contributed by atoms with E-state index in [9.17, 15) is 4.79 Å². The number of carbonyl (C=O) groups excluding carboxylic acids is 1. The van der Waals surface area contributed by atoms with Crippen LogP contribution in [0.5, 0.6) is 0 Å². The molecule has 0 bridgehead atoms. The van der Waals surface area contributed by atoms with E-state index in [2.05, 4.69) is 38.8 Å². The monoisotopic (exact) mass is 362 g/mol. The number of ether oxygens (including phenoxy) is 1. The molecule has 0 radical (unpaired) electrons. The van der Waals surface area contributed by atoms with Gasteiger partial charge in [-0.1, -0.05) is 63.4 Å². The van der Waals surface area contributed by atoms with E-state index >= 15 is 0 Å². The minimum atomic E-state index is -0.219. The second kappa shape index (κ2) is 7.88. The van der Waals surface area contributed by atoms with E-state index in [1.54, 1.807) is 0 Å². The Balaban J connectivity index is 2.89. The number of hydrogen-bond donors (Lipinski definition) is 0. The van der Waals surface area contributed by atoms with Crippen LogP contribution in [0.1, 0.15) is 41.3 Å². The molecule has 0 fully saturated rings. The molecular weight excluding hydrogens is 348 g/mol. The van der Waals surface area contributed by atoms with Crippen LogP contribution in [-0.2, 0) is 15.4 Å².